The molecule has 0 aliphatic heterocycles. The Kier molecular flexibility index (Phi) is 5.50. The van der Waals surface area contributed by atoms with Crippen molar-refractivity contribution in [2.24, 2.45) is 5.92 Å². The summed E-state index contributed by atoms with van der Waals surface area (Å²) in [6.07, 6.45) is 8.26. The average Bonchev–Trinajstić information content (AvgIpc) is 2.96. The number of hydrogen-bond donors (Lipinski definition) is 1. The molecule has 1 aliphatic rings. The maximum atomic E-state index is 12.0. The summed E-state index contributed by atoms with van der Waals surface area (Å²) in [5, 5.41) is 13.4. The lowest BCUT2D eigenvalue weighted by molar-refractivity contribution is -0.385. The van der Waals surface area contributed by atoms with Gasteiger partial charge in [0.2, 0.25) is 0 Å². The highest BCUT2D eigenvalue weighted by atomic mass is 35.5. The molecule has 1 fully saturated rings. The third kappa shape index (κ3) is 4.39. The van der Waals surface area contributed by atoms with Crippen LogP contribution in [-0.2, 0) is 0 Å². The Labute approximate surface area is 128 Å². The van der Waals surface area contributed by atoms with Crippen molar-refractivity contribution in [2.45, 2.75) is 38.5 Å². The summed E-state index contributed by atoms with van der Waals surface area (Å²) in [5.41, 5.74) is -0.192. The molecule has 1 heterocycles. The maximum Gasteiger partial charge on any atom is 0.288 e. The van der Waals surface area contributed by atoms with Crippen molar-refractivity contribution in [1.82, 2.24) is 10.3 Å². The monoisotopic (exact) mass is 311 g/mol. The second kappa shape index (κ2) is 7.36. The van der Waals surface area contributed by atoms with Crippen LogP contribution in [0.1, 0.15) is 48.9 Å². The lowest BCUT2D eigenvalue weighted by Gasteiger charge is -2.09. The minimum Gasteiger partial charge on any atom is -0.352 e. The van der Waals surface area contributed by atoms with Crippen LogP contribution in [0.3, 0.4) is 0 Å². The number of hydrogen-bond acceptors (Lipinski definition) is 4. The highest BCUT2D eigenvalue weighted by Gasteiger charge is 2.17. The number of nitrogens with one attached hydrogen (secondary N) is 1. The number of carbonyl (C=O) groups excluding carboxylic acids is 1. The topological polar surface area (TPSA) is 85.1 Å². The molecule has 1 saturated carbocycles. The number of nitro groups is 1. The van der Waals surface area contributed by atoms with Gasteiger partial charge in [0, 0.05) is 12.6 Å². The molecule has 0 spiro atoms. The van der Waals surface area contributed by atoms with E-state index in [4.69, 9.17) is 11.6 Å². The number of rotatable bonds is 6. The van der Waals surface area contributed by atoms with Crippen molar-refractivity contribution in [3.63, 3.8) is 0 Å². The molecule has 0 aromatic carbocycles. The van der Waals surface area contributed by atoms with Crippen LogP contribution in [0, 0.1) is 16.0 Å². The molecule has 7 heteroatoms. The van der Waals surface area contributed by atoms with E-state index in [1.165, 1.54) is 25.7 Å². The Morgan fingerprint density at radius 1 is 1.48 bits per heavy atom. The molecule has 1 aliphatic carbocycles. The molecule has 0 radical (unpaired) electrons. The molecule has 0 saturated heterocycles. The van der Waals surface area contributed by atoms with Gasteiger partial charge in [-0.1, -0.05) is 37.3 Å². The van der Waals surface area contributed by atoms with Gasteiger partial charge in [0.1, 0.15) is 11.3 Å². The molecule has 114 valence electrons. The van der Waals surface area contributed by atoms with E-state index in [1.807, 2.05) is 0 Å². The third-order valence-corrected chi connectivity index (χ3v) is 4.13. The first-order chi connectivity index (χ1) is 10.1. The van der Waals surface area contributed by atoms with Gasteiger partial charge in [-0.3, -0.25) is 14.9 Å². The number of nitrogens with zero attached hydrogens (tertiary/aromatic N) is 2. The van der Waals surface area contributed by atoms with Gasteiger partial charge in [-0.05, 0) is 18.8 Å². The lowest BCUT2D eigenvalue weighted by Crippen LogP contribution is -2.25. The number of carbonyl (C=O) groups is 1. The highest BCUT2D eigenvalue weighted by Crippen LogP contribution is 2.28. The van der Waals surface area contributed by atoms with Crippen LogP contribution >= 0.6 is 11.6 Å². The van der Waals surface area contributed by atoms with E-state index in [0.29, 0.717) is 6.54 Å². The Balaban J connectivity index is 1.84. The van der Waals surface area contributed by atoms with Gasteiger partial charge in [0.15, 0.2) is 0 Å². The quantitative estimate of drug-likeness (QED) is 0.378. The summed E-state index contributed by atoms with van der Waals surface area (Å²) in [7, 11) is 0. The maximum absolute atomic E-state index is 12.0. The SMILES string of the molecule is O=C(NCCCC1CCCC1)c1cc([N+](=O)[O-])cnc1Cl. The van der Waals surface area contributed by atoms with E-state index in [-0.39, 0.29) is 16.4 Å². The van der Waals surface area contributed by atoms with E-state index in [2.05, 4.69) is 10.3 Å². The fourth-order valence-electron chi connectivity index (χ4n) is 2.68. The van der Waals surface area contributed by atoms with E-state index >= 15 is 0 Å². The van der Waals surface area contributed by atoms with Gasteiger partial charge in [0.25, 0.3) is 11.6 Å². The molecule has 1 aromatic rings. The first kappa shape index (κ1) is 15.7. The Morgan fingerprint density at radius 2 is 2.19 bits per heavy atom. The van der Waals surface area contributed by atoms with Crippen LogP contribution < -0.4 is 5.32 Å². The second-order valence-electron chi connectivity index (χ2n) is 5.34. The number of pyridine rings is 1. The molecule has 0 unspecified atom stereocenters. The minimum atomic E-state index is -0.597. The Bertz CT molecular complexity index is 530. The van der Waals surface area contributed by atoms with E-state index < -0.39 is 10.8 Å². The van der Waals surface area contributed by atoms with Crippen LogP contribution in [0.4, 0.5) is 5.69 Å². The predicted molar refractivity (Wildman–Crippen MR) is 79.4 cm³/mol. The molecular weight excluding hydrogens is 294 g/mol. The van der Waals surface area contributed by atoms with E-state index in [1.54, 1.807) is 0 Å². The molecule has 1 aromatic heterocycles. The fraction of sp³-hybridized carbons (Fsp3) is 0.571. The molecule has 21 heavy (non-hydrogen) atoms. The molecule has 2 rings (SSSR count). The minimum absolute atomic E-state index is 0.0195. The van der Waals surface area contributed by atoms with Gasteiger partial charge in [-0.25, -0.2) is 4.98 Å². The largest absolute Gasteiger partial charge is 0.352 e. The Morgan fingerprint density at radius 3 is 2.86 bits per heavy atom. The van der Waals surface area contributed by atoms with Crippen molar-refractivity contribution < 1.29 is 9.72 Å². The van der Waals surface area contributed by atoms with Crippen LogP contribution in [0.2, 0.25) is 5.15 Å². The zero-order valence-corrected chi connectivity index (χ0v) is 12.4. The number of amides is 1. The molecule has 6 nitrogen and oxygen atoms in total. The van der Waals surface area contributed by atoms with Gasteiger partial charge in [-0.15, -0.1) is 0 Å². The zero-order valence-electron chi connectivity index (χ0n) is 11.7. The normalized spacial score (nSPS) is 15.1. The van der Waals surface area contributed by atoms with Crippen molar-refractivity contribution in [3.05, 3.63) is 33.1 Å². The standard InChI is InChI=1S/C14H18ClN3O3/c15-13-12(8-11(9-17-13)18(20)21)14(19)16-7-3-6-10-4-1-2-5-10/h8-10H,1-7H2,(H,16,19). The van der Waals surface area contributed by atoms with Crippen LogP contribution in [-0.4, -0.2) is 22.4 Å². The summed E-state index contributed by atoms with van der Waals surface area (Å²) >= 11 is 5.82. The summed E-state index contributed by atoms with van der Waals surface area (Å²) in [6, 6.07) is 1.15. The molecule has 1 N–H and O–H groups in total. The van der Waals surface area contributed by atoms with Gasteiger partial charge in [0.05, 0.1) is 10.5 Å². The summed E-state index contributed by atoms with van der Waals surface area (Å²) in [4.78, 5) is 25.7. The summed E-state index contributed by atoms with van der Waals surface area (Å²) < 4.78 is 0. The first-order valence-corrected chi connectivity index (χ1v) is 7.54. The number of halogens is 1. The second-order valence-corrected chi connectivity index (χ2v) is 5.70. The van der Waals surface area contributed by atoms with Crippen molar-refractivity contribution >= 4 is 23.2 Å². The van der Waals surface area contributed by atoms with Crippen molar-refractivity contribution in [2.75, 3.05) is 6.54 Å². The molecular formula is C14H18ClN3O3. The summed E-state index contributed by atoms with van der Waals surface area (Å²) in [5.74, 6) is 0.368. The Hall–Kier alpha value is -1.69. The molecule has 1 amide bonds. The van der Waals surface area contributed by atoms with Gasteiger partial charge < -0.3 is 5.32 Å². The predicted octanol–water partition coefficient (Wildman–Crippen LogP) is 3.34. The van der Waals surface area contributed by atoms with E-state index in [9.17, 15) is 14.9 Å². The number of aromatic nitrogens is 1. The molecule has 0 atom stereocenters. The van der Waals surface area contributed by atoms with Crippen LogP contribution in [0.15, 0.2) is 12.3 Å². The average molecular weight is 312 g/mol. The van der Waals surface area contributed by atoms with Crippen molar-refractivity contribution in [3.8, 4) is 0 Å². The first-order valence-electron chi connectivity index (χ1n) is 7.16. The fourth-order valence-corrected chi connectivity index (χ4v) is 2.87. The van der Waals surface area contributed by atoms with Gasteiger partial charge >= 0.3 is 0 Å². The van der Waals surface area contributed by atoms with Crippen molar-refractivity contribution in [1.29, 1.82) is 0 Å². The third-order valence-electron chi connectivity index (χ3n) is 3.83. The zero-order chi connectivity index (χ0) is 15.2. The van der Waals surface area contributed by atoms with Crippen LogP contribution in [0.5, 0.6) is 0 Å². The lowest BCUT2D eigenvalue weighted by atomic mass is 10.0. The smallest absolute Gasteiger partial charge is 0.288 e. The van der Waals surface area contributed by atoms with Crippen LogP contribution in [0.25, 0.3) is 0 Å². The highest BCUT2D eigenvalue weighted by molar-refractivity contribution is 6.32. The molecule has 0 bridgehead atoms. The van der Waals surface area contributed by atoms with E-state index in [0.717, 1.165) is 31.0 Å². The summed E-state index contributed by atoms with van der Waals surface area (Å²) in [6.45, 7) is 0.550. The van der Waals surface area contributed by atoms with Gasteiger partial charge in [-0.2, -0.15) is 0 Å².